The van der Waals surface area contributed by atoms with E-state index in [-0.39, 0.29) is 31.4 Å². The van der Waals surface area contributed by atoms with Gasteiger partial charge in [-0.25, -0.2) is 9.78 Å². The third-order valence-corrected chi connectivity index (χ3v) is 5.76. The maximum absolute atomic E-state index is 13.5. The number of pyridine rings is 1. The highest BCUT2D eigenvalue weighted by Crippen LogP contribution is 2.32. The number of nitrogen functional groups attached to an aromatic ring is 1. The number of alkyl halides is 3. The van der Waals surface area contributed by atoms with E-state index in [0.29, 0.717) is 22.4 Å². The Morgan fingerprint density at radius 1 is 1.24 bits per heavy atom. The van der Waals surface area contributed by atoms with Gasteiger partial charge in [0.2, 0.25) is 5.95 Å². The fourth-order valence-electron chi connectivity index (χ4n) is 4.24. The molecule has 4 aromatic rings. The molecule has 11 nitrogen and oxygen atoms in total. The summed E-state index contributed by atoms with van der Waals surface area (Å²) in [5.74, 6) is 0.205. The van der Waals surface area contributed by atoms with Crippen molar-refractivity contribution in [2.24, 2.45) is 7.05 Å². The lowest BCUT2D eigenvalue weighted by molar-refractivity contribution is -0.139. The molecule has 14 heteroatoms. The Morgan fingerprint density at radius 3 is 2.85 bits per heavy atom. The molecule has 1 aliphatic heterocycles. The molecule has 1 fully saturated rings. The highest BCUT2D eigenvalue weighted by atomic mass is 19.4. The molecule has 4 aromatic heterocycles. The molecule has 0 spiro atoms. The minimum Gasteiger partial charge on any atom is -0.368 e. The summed E-state index contributed by atoms with van der Waals surface area (Å²) in [5.41, 5.74) is 7.26. The molecule has 1 unspecified atom stereocenters. The standard InChI is InChI=1S/C20H21F3N10O/c1-30-15-13(10-26-30)16(29-18(24)28-15)33-8-7-32(11-12(33)9-20(21,22)23)19(34)27-14-3-2-5-31-6-4-25-17(14)31/h2-6,10,12H,7-9,11H2,1H3,(H,27,34)(H2,24,28,29). The normalized spacial score (nSPS) is 17.0. The van der Waals surface area contributed by atoms with E-state index < -0.39 is 24.7 Å². The number of hydrogen-bond donors (Lipinski definition) is 2. The molecule has 1 saturated heterocycles. The quantitative estimate of drug-likeness (QED) is 0.467. The van der Waals surface area contributed by atoms with Gasteiger partial charge in [0.15, 0.2) is 11.3 Å². The van der Waals surface area contributed by atoms with E-state index in [2.05, 4.69) is 25.4 Å². The van der Waals surface area contributed by atoms with Gasteiger partial charge in [0.1, 0.15) is 5.82 Å². The van der Waals surface area contributed by atoms with E-state index in [4.69, 9.17) is 5.73 Å². The summed E-state index contributed by atoms with van der Waals surface area (Å²) in [7, 11) is 1.66. The monoisotopic (exact) mass is 474 g/mol. The maximum atomic E-state index is 13.5. The van der Waals surface area contributed by atoms with Gasteiger partial charge in [-0.1, -0.05) is 0 Å². The first-order valence-corrected chi connectivity index (χ1v) is 10.5. The first-order valence-electron chi connectivity index (χ1n) is 10.5. The van der Waals surface area contributed by atoms with Gasteiger partial charge >= 0.3 is 12.2 Å². The zero-order valence-corrected chi connectivity index (χ0v) is 18.1. The predicted molar refractivity (Wildman–Crippen MR) is 118 cm³/mol. The third kappa shape index (κ3) is 4.02. The summed E-state index contributed by atoms with van der Waals surface area (Å²) in [4.78, 5) is 28.5. The van der Waals surface area contributed by atoms with Crippen LogP contribution in [0, 0.1) is 0 Å². The third-order valence-electron chi connectivity index (χ3n) is 5.76. The molecule has 0 aromatic carbocycles. The number of fused-ring (bicyclic) bond motifs is 2. The van der Waals surface area contributed by atoms with Crippen LogP contribution in [0.5, 0.6) is 0 Å². The average Bonchev–Trinajstić information content (AvgIpc) is 3.40. The van der Waals surface area contributed by atoms with Crippen LogP contribution in [0.1, 0.15) is 6.42 Å². The molecule has 2 amide bonds. The van der Waals surface area contributed by atoms with Crippen molar-refractivity contribution in [1.29, 1.82) is 0 Å². The highest BCUT2D eigenvalue weighted by Gasteiger charge is 2.40. The van der Waals surface area contributed by atoms with Gasteiger partial charge in [-0.05, 0) is 12.1 Å². The number of nitrogens with zero attached hydrogens (tertiary/aromatic N) is 8. The van der Waals surface area contributed by atoms with Gasteiger partial charge in [-0.2, -0.15) is 28.2 Å². The van der Waals surface area contributed by atoms with Gasteiger partial charge in [-0.15, -0.1) is 0 Å². The van der Waals surface area contributed by atoms with Crippen LogP contribution >= 0.6 is 0 Å². The van der Waals surface area contributed by atoms with Crippen LogP contribution < -0.4 is 16.0 Å². The zero-order chi connectivity index (χ0) is 24.0. The van der Waals surface area contributed by atoms with Crippen molar-refractivity contribution in [2.75, 3.05) is 35.6 Å². The van der Waals surface area contributed by atoms with Crippen molar-refractivity contribution in [2.45, 2.75) is 18.6 Å². The predicted octanol–water partition coefficient (Wildman–Crippen LogP) is 2.27. The van der Waals surface area contributed by atoms with Crippen LogP contribution in [-0.2, 0) is 7.05 Å². The fourth-order valence-corrected chi connectivity index (χ4v) is 4.24. The van der Waals surface area contributed by atoms with E-state index in [1.54, 1.807) is 42.2 Å². The Balaban J connectivity index is 1.43. The van der Waals surface area contributed by atoms with Crippen molar-refractivity contribution in [1.82, 2.24) is 34.0 Å². The van der Waals surface area contributed by atoms with E-state index in [9.17, 15) is 18.0 Å². The minimum atomic E-state index is -4.45. The Morgan fingerprint density at radius 2 is 2.06 bits per heavy atom. The molecular weight excluding hydrogens is 453 g/mol. The molecule has 3 N–H and O–H groups in total. The second-order valence-electron chi connectivity index (χ2n) is 8.03. The number of carbonyl (C=O) groups is 1. The molecule has 178 valence electrons. The van der Waals surface area contributed by atoms with E-state index in [0.717, 1.165) is 0 Å². The lowest BCUT2D eigenvalue weighted by Crippen LogP contribution is -2.57. The molecule has 0 aliphatic carbocycles. The number of halogens is 3. The van der Waals surface area contributed by atoms with Gasteiger partial charge in [0, 0.05) is 45.3 Å². The summed E-state index contributed by atoms with van der Waals surface area (Å²) in [6.45, 7) is 0.153. The van der Waals surface area contributed by atoms with Crippen LogP contribution in [0.25, 0.3) is 16.7 Å². The average molecular weight is 474 g/mol. The highest BCUT2D eigenvalue weighted by molar-refractivity contribution is 5.93. The SMILES string of the molecule is Cn1ncc2c(N3CCN(C(=O)Nc4cccn5ccnc45)CC3CC(F)(F)F)nc(N)nc21. The molecule has 34 heavy (non-hydrogen) atoms. The van der Waals surface area contributed by atoms with E-state index in [1.807, 2.05) is 0 Å². The van der Waals surface area contributed by atoms with Gasteiger partial charge in [-0.3, -0.25) is 4.68 Å². The van der Waals surface area contributed by atoms with Crippen molar-refractivity contribution in [3.8, 4) is 0 Å². The minimum absolute atomic E-state index is 0.0650. The van der Waals surface area contributed by atoms with Crippen LogP contribution in [0.3, 0.4) is 0 Å². The topological polar surface area (TPSA) is 122 Å². The van der Waals surface area contributed by atoms with Crippen LogP contribution in [-0.4, -0.2) is 71.9 Å². The van der Waals surface area contributed by atoms with E-state index >= 15 is 0 Å². The first kappa shape index (κ1) is 21.7. The number of carbonyl (C=O) groups excluding carboxylic acids is 1. The molecule has 0 bridgehead atoms. The van der Waals surface area contributed by atoms with Gasteiger partial charge in [0.05, 0.1) is 29.7 Å². The first-order chi connectivity index (χ1) is 16.2. The Hall–Kier alpha value is -4.10. The molecule has 1 aliphatic rings. The van der Waals surface area contributed by atoms with Crippen LogP contribution in [0.2, 0.25) is 0 Å². The summed E-state index contributed by atoms with van der Waals surface area (Å²) in [6, 6.07) is 1.86. The lowest BCUT2D eigenvalue weighted by atomic mass is 10.1. The van der Waals surface area contributed by atoms with Crippen molar-refractivity contribution in [3.05, 3.63) is 36.9 Å². The van der Waals surface area contributed by atoms with Crippen LogP contribution in [0.4, 0.5) is 35.4 Å². The summed E-state index contributed by atoms with van der Waals surface area (Å²) >= 11 is 0. The molecule has 5 heterocycles. The number of urea groups is 1. The number of imidazole rings is 1. The number of nitrogens with one attached hydrogen (secondary N) is 1. The molecule has 1 atom stereocenters. The van der Waals surface area contributed by atoms with Crippen molar-refractivity contribution < 1.29 is 18.0 Å². The number of amides is 2. The van der Waals surface area contributed by atoms with Crippen molar-refractivity contribution in [3.63, 3.8) is 0 Å². The Kier molecular flexibility index (Phi) is 5.14. The second kappa shape index (κ2) is 8.04. The second-order valence-corrected chi connectivity index (χ2v) is 8.03. The molecular formula is C20H21F3N10O. The summed E-state index contributed by atoms with van der Waals surface area (Å²) in [6.07, 6.45) is 1.03. The number of rotatable bonds is 3. The Labute approximate surface area is 191 Å². The molecule has 0 radical (unpaired) electrons. The van der Waals surface area contributed by atoms with Crippen LogP contribution in [0.15, 0.2) is 36.9 Å². The lowest BCUT2D eigenvalue weighted by Gasteiger charge is -2.42. The smallest absolute Gasteiger partial charge is 0.368 e. The number of hydrogen-bond acceptors (Lipinski definition) is 7. The zero-order valence-electron chi connectivity index (χ0n) is 18.1. The number of aryl methyl sites for hydroxylation is 1. The number of nitrogens with two attached hydrogens (primary N) is 1. The molecule has 0 saturated carbocycles. The largest absolute Gasteiger partial charge is 0.391 e. The maximum Gasteiger partial charge on any atom is 0.391 e. The van der Waals surface area contributed by atoms with E-state index in [1.165, 1.54) is 20.7 Å². The van der Waals surface area contributed by atoms with Gasteiger partial charge < -0.3 is 25.3 Å². The Bertz CT molecular complexity index is 1360. The fraction of sp³-hybridized carbons (Fsp3) is 0.350. The number of aromatic nitrogens is 6. The molecule has 5 rings (SSSR count). The summed E-state index contributed by atoms with van der Waals surface area (Å²) in [5, 5.41) is 7.39. The van der Waals surface area contributed by atoms with Gasteiger partial charge in [0.25, 0.3) is 0 Å². The summed E-state index contributed by atoms with van der Waals surface area (Å²) < 4.78 is 43.7. The number of piperazine rings is 1. The number of anilines is 3. The van der Waals surface area contributed by atoms with Crippen molar-refractivity contribution >= 4 is 40.2 Å².